The van der Waals surface area contributed by atoms with Crippen LogP contribution in [0.1, 0.15) is 10.4 Å². The summed E-state index contributed by atoms with van der Waals surface area (Å²) >= 11 is 0. The molecule has 5 nitrogen and oxygen atoms in total. The fourth-order valence-corrected chi connectivity index (χ4v) is 1.30. The van der Waals surface area contributed by atoms with Gasteiger partial charge >= 0.3 is 5.97 Å². The van der Waals surface area contributed by atoms with Crippen LogP contribution in [0.4, 0.5) is 0 Å². The Morgan fingerprint density at radius 1 is 1.58 bits per heavy atom. The van der Waals surface area contributed by atoms with Crippen molar-refractivity contribution < 1.29 is 18.3 Å². The van der Waals surface area contributed by atoms with Crippen LogP contribution in [0.25, 0.3) is 0 Å². The summed E-state index contributed by atoms with van der Waals surface area (Å²) in [4.78, 5) is 10.3. The van der Waals surface area contributed by atoms with Crippen molar-refractivity contribution in [1.29, 1.82) is 0 Å². The number of nitrogens with zero attached hydrogens (tertiary/aromatic N) is 1. The lowest BCUT2D eigenvalue weighted by atomic mass is 10.4. The highest BCUT2D eigenvalue weighted by molar-refractivity contribution is 7.89. The van der Waals surface area contributed by atoms with E-state index in [0.717, 1.165) is 16.4 Å². The third kappa shape index (κ3) is 1.65. The first-order chi connectivity index (χ1) is 5.41. The highest BCUT2D eigenvalue weighted by atomic mass is 32.2. The first-order valence-electron chi connectivity index (χ1n) is 3.03. The van der Waals surface area contributed by atoms with Crippen LogP contribution < -0.4 is 0 Å². The van der Waals surface area contributed by atoms with Crippen molar-refractivity contribution in [2.75, 3.05) is 6.26 Å². The van der Waals surface area contributed by atoms with Crippen LogP contribution in [0.15, 0.2) is 18.5 Å². The largest absolute Gasteiger partial charge is 0.478 e. The quantitative estimate of drug-likeness (QED) is 0.710. The maximum atomic E-state index is 10.8. The highest BCUT2D eigenvalue weighted by Crippen LogP contribution is 2.03. The Kier molecular flexibility index (Phi) is 1.93. The molecule has 0 aliphatic rings. The van der Waals surface area contributed by atoms with Gasteiger partial charge in [0, 0.05) is 12.4 Å². The van der Waals surface area contributed by atoms with Crippen LogP contribution in [0.5, 0.6) is 0 Å². The molecule has 0 radical (unpaired) electrons. The van der Waals surface area contributed by atoms with Crippen LogP contribution in [0.2, 0.25) is 0 Å². The summed E-state index contributed by atoms with van der Waals surface area (Å²) in [6, 6.07) is 1.23. The molecule has 0 amide bonds. The molecular formula is C6H7NO4S. The lowest BCUT2D eigenvalue weighted by molar-refractivity contribution is 0.0697. The highest BCUT2D eigenvalue weighted by Gasteiger charge is 2.09. The second-order valence-corrected chi connectivity index (χ2v) is 4.19. The molecule has 1 aromatic heterocycles. The lowest BCUT2D eigenvalue weighted by Gasteiger charge is -1.95. The molecule has 0 spiro atoms. The maximum Gasteiger partial charge on any atom is 0.337 e. The van der Waals surface area contributed by atoms with Gasteiger partial charge in [-0.05, 0) is 6.07 Å². The summed E-state index contributed by atoms with van der Waals surface area (Å²) in [5.74, 6) is -1.14. The van der Waals surface area contributed by atoms with E-state index >= 15 is 0 Å². The molecule has 0 atom stereocenters. The van der Waals surface area contributed by atoms with Gasteiger partial charge in [-0.2, -0.15) is 0 Å². The van der Waals surface area contributed by atoms with Crippen molar-refractivity contribution in [1.82, 2.24) is 3.97 Å². The van der Waals surface area contributed by atoms with Gasteiger partial charge < -0.3 is 5.11 Å². The van der Waals surface area contributed by atoms with Crippen LogP contribution >= 0.6 is 0 Å². The molecule has 1 aromatic rings. The monoisotopic (exact) mass is 189 g/mol. The van der Waals surface area contributed by atoms with Gasteiger partial charge in [0.05, 0.1) is 11.8 Å². The molecule has 0 aliphatic heterocycles. The fourth-order valence-electron chi connectivity index (χ4n) is 0.710. The Morgan fingerprint density at radius 3 is 2.42 bits per heavy atom. The second kappa shape index (κ2) is 2.63. The van der Waals surface area contributed by atoms with E-state index in [-0.39, 0.29) is 5.56 Å². The van der Waals surface area contributed by atoms with E-state index in [1.807, 2.05) is 0 Å². The average Bonchev–Trinajstić information content (AvgIpc) is 2.30. The summed E-state index contributed by atoms with van der Waals surface area (Å²) in [6.45, 7) is 0. The van der Waals surface area contributed by atoms with E-state index in [2.05, 4.69) is 0 Å². The number of carboxylic acid groups (broad SMARTS) is 1. The summed E-state index contributed by atoms with van der Waals surface area (Å²) in [5, 5.41) is 8.46. The average molecular weight is 189 g/mol. The first kappa shape index (κ1) is 8.79. The molecule has 0 unspecified atom stereocenters. The van der Waals surface area contributed by atoms with Crippen molar-refractivity contribution >= 4 is 16.0 Å². The zero-order chi connectivity index (χ0) is 9.35. The minimum absolute atomic E-state index is 0.0413. The van der Waals surface area contributed by atoms with Crippen molar-refractivity contribution in [3.8, 4) is 0 Å². The van der Waals surface area contributed by atoms with Gasteiger partial charge in [-0.25, -0.2) is 13.2 Å². The predicted molar refractivity (Wildman–Crippen MR) is 41.6 cm³/mol. The SMILES string of the molecule is CS(=O)(=O)n1ccc(C(=O)O)c1. The summed E-state index contributed by atoms with van der Waals surface area (Å²) < 4.78 is 22.5. The predicted octanol–water partition coefficient (Wildman–Crippen LogP) is -0.00600. The minimum atomic E-state index is -3.36. The van der Waals surface area contributed by atoms with E-state index in [1.165, 1.54) is 12.3 Å². The van der Waals surface area contributed by atoms with E-state index in [1.54, 1.807) is 0 Å². The van der Waals surface area contributed by atoms with Gasteiger partial charge in [-0.15, -0.1) is 0 Å². The van der Waals surface area contributed by atoms with Crippen LogP contribution in [0, 0.1) is 0 Å². The number of aromatic nitrogens is 1. The fraction of sp³-hybridized carbons (Fsp3) is 0.167. The summed E-state index contributed by atoms with van der Waals surface area (Å²) in [6.07, 6.45) is 3.25. The second-order valence-electron chi connectivity index (χ2n) is 2.30. The lowest BCUT2D eigenvalue weighted by Crippen LogP contribution is -2.07. The molecule has 66 valence electrons. The molecule has 1 N–H and O–H groups in total. The Labute approximate surface area is 69.3 Å². The molecule has 0 fully saturated rings. The molecule has 12 heavy (non-hydrogen) atoms. The molecular weight excluding hydrogens is 182 g/mol. The molecule has 0 bridgehead atoms. The van der Waals surface area contributed by atoms with Crippen molar-refractivity contribution in [3.05, 3.63) is 24.0 Å². The van der Waals surface area contributed by atoms with Gasteiger partial charge in [-0.3, -0.25) is 3.97 Å². The Balaban J connectivity index is 3.17. The van der Waals surface area contributed by atoms with Gasteiger partial charge in [0.1, 0.15) is 0 Å². The standard InChI is InChI=1S/C6H7NO4S/c1-12(10,11)7-3-2-5(4-7)6(8)9/h2-4H,1H3,(H,8,9). The number of aromatic carboxylic acids is 1. The number of hydrogen-bond donors (Lipinski definition) is 1. The molecule has 1 heterocycles. The van der Waals surface area contributed by atoms with E-state index in [9.17, 15) is 13.2 Å². The van der Waals surface area contributed by atoms with E-state index in [0.29, 0.717) is 0 Å². The minimum Gasteiger partial charge on any atom is -0.478 e. The topological polar surface area (TPSA) is 76.4 Å². The third-order valence-corrected chi connectivity index (χ3v) is 2.29. The van der Waals surface area contributed by atoms with Crippen molar-refractivity contribution in [2.24, 2.45) is 0 Å². The molecule has 1 rings (SSSR count). The number of carboxylic acids is 1. The molecule has 0 saturated heterocycles. The zero-order valence-corrected chi connectivity index (χ0v) is 7.08. The number of hydrogen-bond acceptors (Lipinski definition) is 3. The van der Waals surface area contributed by atoms with Crippen LogP contribution in [-0.2, 0) is 10.0 Å². The van der Waals surface area contributed by atoms with Gasteiger partial charge in [0.15, 0.2) is 0 Å². The first-order valence-corrected chi connectivity index (χ1v) is 4.88. The molecule has 6 heteroatoms. The smallest absolute Gasteiger partial charge is 0.337 e. The maximum absolute atomic E-state index is 10.8. The zero-order valence-electron chi connectivity index (χ0n) is 6.26. The van der Waals surface area contributed by atoms with Crippen molar-refractivity contribution in [2.45, 2.75) is 0 Å². The van der Waals surface area contributed by atoms with E-state index in [4.69, 9.17) is 5.11 Å². The van der Waals surface area contributed by atoms with Gasteiger partial charge in [-0.1, -0.05) is 0 Å². The van der Waals surface area contributed by atoms with Crippen molar-refractivity contribution in [3.63, 3.8) is 0 Å². The number of carbonyl (C=O) groups is 1. The van der Waals surface area contributed by atoms with Gasteiger partial charge in [0.2, 0.25) is 10.0 Å². The summed E-state index contributed by atoms with van der Waals surface area (Å²) in [7, 11) is -3.36. The third-order valence-electron chi connectivity index (χ3n) is 1.30. The normalized spacial score (nSPS) is 11.4. The Bertz CT molecular complexity index is 403. The number of rotatable bonds is 2. The summed E-state index contributed by atoms with van der Waals surface area (Å²) in [5.41, 5.74) is -0.0413. The van der Waals surface area contributed by atoms with Crippen LogP contribution in [0.3, 0.4) is 0 Å². The molecule has 0 saturated carbocycles. The Morgan fingerprint density at radius 2 is 2.17 bits per heavy atom. The van der Waals surface area contributed by atoms with Gasteiger partial charge in [0.25, 0.3) is 0 Å². The van der Waals surface area contributed by atoms with E-state index < -0.39 is 16.0 Å². The molecule has 0 aromatic carbocycles. The van der Waals surface area contributed by atoms with Crippen LogP contribution in [-0.4, -0.2) is 29.7 Å². The Hall–Kier alpha value is -1.30. The molecule has 0 aliphatic carbocycles.